The van der Waals surface area contributed by atoms with Gasteiger partial charge in [0.2, 0.25) is 0 Å². The summed E-state index contributed by atoms with van der Waals surface area (Å²) in [6.45, 7) is 9.36. The van der Waals surface area contributed by atoms with Gasteiger partial charge in [-0.15, -0.1) is 0 Å². The van der Waals surface area contributed by atoms with E-state index in [1.54, 1.807) is 24.3 Å². The summed E-state index contributed by atoms with van der Waals surface area (Å²) < 4.78 is 32.0. The van der Waals surface area contributed by atoms with Crippen LogP contribution in [0.4, 0.5) is 8.78 Å². The predicted molar refractivity (Wildman–Crippen MR) is 89.7 cm³/mol. The average Bonchev–Trinajstić information content (AvgIpc) is 2.47. The Kier molecular flexibility index (Phi) is 5.20. The van der Waals surface area contributed by atoms with Gasteiger partial charge in [0.1, 0.15) is 11.6 Å². The van der Waals surface area contributed by atoms with Crippen LogP contribution in [0.15, 0.2) is 48.5 Å². The molecule has 0 aliphatic rings. The molecule has 2 aromatic carbocycles. The lowest BCUT2D eigenvalue weighted by Gasteiger charge is -2.30. The van der Waals surface area contributed by atoms with E-state index in [1.165, 1.54) is 24.3 Å². The molecule has 0 spiro atoms. The van der Waals surface area contributed by atoms with Crippen LogP contribution in [-0.2, 0) is 15.6 Å². The molecule has 0 atom stereocenters. The fourth-order valence-electron chi connectivity index (χ4n) is 2.53. The van der Waals surface area contributed by atoms with Gasteiger partial charge in [0.05, 0.1) is 13.2 Å². The number of hydrogen-bond donors (Lipinski definition) is 0. The smallest absolute Gasteiger partial charge is 0.123 e. The van der Waals surface area contributed by atoms with Crippen molar-refractivity contribution >= 4 is 0 Å². The van der Waals surface area contributed by atoms with Gasteiger partial charge in [-0.25, -0.2) is 8.78 Å². The highest BCUT2D eigenvalue weighted by atomic mass is 19.1. The second-order valence-corrected chi connectivity index (χ2v) is 7.27. The molecule has 3 heteroatoms. The molecule has 0 N–H and O–H groups in total. The van der Waals surface area contributed by atoms with Crippen LogP contribution in [0.1, 0.15) is 38.8 Å². The topological polar surface area (TPSA) is 9.23 Å². The van der Waals surface area contributed by atoms with Gasteiger partial charge in [0.15, 0.2) is 0 Å². The normalized spacial score (nSPS) is 12.4. The van der Waals surface area contributed by atoms with Crippen molar-refractivity contribution < 1.29 is 13.5 Å². The van der Waals surface area contributed by atoms with E-state index in [1.807, 2.05) is 0 Å². The van der Waals surface area contributed by atoms with Crippen LogP contribution in [0.2, 0.25) is 0 Å². The molecule has 2 aromatic rings. The fraction of sp³-hybridized carbons (Fsp3) is 0.400. The lowest BCUT2D eigenvalue weighted by Crippen LogP contribution is -2.30. The molecule has 0 radical (unpaired) electrons. The minimum Gasteiger partial charge on any atom is -0.380 e. The Bertz CT molecular complexity index is 570. The van der Waals surface area contributed by atoms with E-state index in [-0.39, 0.29) is 22.5 Å². The Morgan fingerprint density at radius 1 is 0.652 bits per heavy atom. The van der Waals surface area contributed by atoms with Crippen LogP contribution >= 0.6 is 0 Å². The standard InChI is InChI=1S/C20H24F2O/c1-19(2,15-5-9-17(21)10-6-15)13-23-14-20(3,4)16-7-11-18(22)12-8-16/h5-12H,13-14H2,1-4H3. The van der Waals surface area contributed by atoms with Crippen molar-refractivity contribution in [2.75, 3.05) is 13.2 Å². The summed E-state index contributed by atoms with van der Waals surface area (Å²) >= 11 is 0. The van der Waals surface area contributed by atoms with E-state index >= 15 is 0 Å². The van der Waals surface area contributed by atoms with Gasteiger partial charge in [0, 0.05) is 10.8 Å². The lowest BCUT2D eigenvalue weighted by molar-refractivity contribution is 0.0633. The quantitative estimate of drug-likeness (QED) is 0.708. The third kappa shape index (κ3) is 4.61. The maximum atomic E-state index is 13.0. The maximum Gasteiger partial charge on any atom is 0.123 e. The number of benzene rings is 2. The number of hydrogen-bond acceptors (Lipinski definition) is 1. The van der Waals surface area contributed by atoms with Crippen molar-refractivity contribution in [3.8, 4) is 0 Å². The van der Waals surface area contributed by atoms with Crippen LogP contribution in [0, 0.1) is 11.6 Å². The van der Waals surface area contributed by atoms with Crippen molar-refractivity contribution in [2.45, 2.75) is 38.5 Å². The highest BCUT2D eigenvalue weighted by molar-refractivity contribution is 5.25. The molecule has 0 heterocycles. The highest BCUT2D eigenvalue weighted by Gasteiger charge is 2.25. The van der Waals surface area contributed by atoms with Gasteiger partial charge in [-0.3, -0.25) is 0 Å². The SMILES string of the molecule is CC(C)(COCC(C)(C)c1ccc(F)cc1)c1ccc(F)cc1. The van der Waals surface area contributed by atoms with E-state index in [0.29, 0.717) is 13.2 Å². The van der Waals surface area contributed by atoms with Gasteiger partial charge in [0.25, 0.3) is 0 Å². The van der Waals surface area contributed by atoms with Gasteiger partial charge in [-0.1, -0.05) is 52.0 Å². The summed E-state index contributed by atoms with van der Waals surface area (Å²) in [5.41, 5.74) is 1.68. The van der Waals surface area contributed by atoms with Crippen molar-refractivity contribution in [3.05, 3.63) is 71.3 Å². The van der Waals surface area contributed by atoms with Crippen molar-refractivity contribution in [1.29, 1.82) is 0 Å². The van der Waals surface area contributed by atoms with Gasteiger partial charge < -0.3 is 4.74 Å². The Morgan fingerprint density at radius 3 is 1.26 bits per heavy atom. The van der Waals surface area contributed by atoms with Crippen molar-refractivity contribution in [3.63, 3.8) is 0 Å². The van der Waals surface area contributed by atoms with Crippen LogP contribution in [0.25, 0.3) is 0 Å². The second kappa shape index (κ2) is 6.79. The summed E-state index contributed by atoms with van der Waals surface area (Å²) in [5, 5.41) is 0. The van der Waals surface area contributed by atoms with Crippen LogP contribution in [-0.4, -0.2) is 13.2 Å². The first-order valence-electron chi connectivity index (χ1n) is 7.81. The second-order valence-electron chi connectivity index (χ2n) is 7.27. The molecule has 2 rings (SSSR count). The monoisotopic (exact) mass is 318 g/mol. The Labute approximate surface area is 137 Å². The summed E-state index contributed by atoms with van der Waals surface area (Å²) in [6.07, 6.45) is 0. The zero-order valence-corrected chi connectivity index (χ0v) is 14.2. The van der Waals surface area contributed by atoms with E-state index < -0.39 is 0 Å². The van der Waals surface area contributed by atoms with Gasteiger partial charge in [-0.2, -0.15) is 0 Å². The lowest BCUT2D eigenvalue weighted by atomic mass is 9.84. The van der Waals surface area contributed by atoms with Crippen molar-refractivity contribution in [1.82, 2.24) is 0 Å². The number of ether oxygens (including phenoxy) is 1. The van der Waals surface area contributed by atoms with Gasteiger partial charge in [-0.05, 0) is 35.4 Å². The molecule has 0 aliphatic heterocycles. The first kappa shape index (κ1) is 17.6. The number of rotatable bonds is 6. The molecular weight excluding hydrogens is 294 g/mol. The molecule has 0 amide bonds. The molecule has 0 aliphatic carbocycles. The third-order valence-electron chi connectivity index (χ3n) is 4.18. The molecular formula is C20H24F2O. The maximum absolute atomic E-state index is 13.0. The summed E-state index contributed by atoms with van der Waals surface area (Å²) in [7, 11) is 0. The first-order valence-corrected chi connectivity index (χ1v) is 7.81. The Balaban J connectivity index is 1.97. The van der Waals surface area contributed by atoms with E-state index in [0.717, 1.165) is 11.1 Å². The van der Waals surface area contributed by atoms with Crippen LogP contribution in [0.5, 0.6) is 0 Å². The fourth-order valence-corrected chi connectivity index (χ4v) is 2.53. The minimum absolute atomic E-state index is 0.202. The minimum atomic E-state index is -0.233. The molecule has 0 saturated carbocycles. The molecule has 0 saturated heterocycles. The average molecular weight is 318 g/mol. The largest absolute Gasteiger partial charge is 0.380 e. The summed E-state index contributed by atoms with van der Waals surface area (Å²) in [6, 6.07) is 13.1. The summed E-state index contributed by atoms with van der Waals surface area (Å²) in [5.74, 6) is -0.467. The summed E-state index contributed by atoms with van der Waals surface area (Å²) in [4.78, 5) is 0. The van der Waals surface area contributed by atoms with Crippen LogP contribution in [0.3, 0.4) is 0 Å². The first-order chi connectivity index (χ1) is 10.7. The van der Waals surface area contributed by atoms with E-state index in [9.17, 15) is 8.78 Å². The third-order valence-corrected chi connectivity index (χ3v) is 4.18. The zero-order chi connectivity index (χ0) is 17.1. The molecule has 124 valence electrons. The zero-order valence-electron chi connectivity index (χ0n) is 14.2. The van der Waals surface area contributed by atoms with Gasteiger partial charge >= 0.3 is 0 Å². The molecule has 0 fully saturated rings. The predicted octanol–water partition coefficient (Wildman–Crippen LogP) is 5.24. The Morgan fingerprint density at radius 2 is 0.957 bits per heavy atom. The van der Waals surface area contributed by atoms with E-state index in [2.05, 4.69) is 27.7 Å². The van der Waals surface area contributed by atoms with E-state index in [4.69, 9.17) is 4.74 Å². The molecule has 0 bridgehead atoms. The molecule has 1 nitrogen and oxygen atoms in total. The molecule has 0 aromatic heterocycles. The molecule has 0 unspecified atom stereocenters. The Hall–Kier alpha value is -1.74. The van der Waals surface area contributed by atoms with Crippen molar-refractivity contribution in [2.24, 2.45) is 0 Å². The highest BCUT2D eigenvalue weighted by Crippen LogP contribution is 2.27. The van der Waals surface area contributed by atoms with Crippen LogP contribution < -0.4 is 0 Å². The molecule has 23 heavy (non-hydrogen) atoms. The number of halogens is 2.